The lowest BCUT2D eigenvalue weighted by molar-refractivity contribution is 0.303. The first-order valence-electron chi connectivity index (χ1n) is 8.10. The van der Waals surface area contributed by atoms with Crippen molar-refractivity contribution in [1.29, 1.82) is 0 Å². The molecule has 1 N–H and O–H groups in total. The molecule has 0 saturated heterocycles. The number of rotatable bonds is 4. The van der Waals surface area contributed by atoms with Crippen LogP contribution >= 0.6 is 0 Å². The fourth-order valence-corrected chi connectivity index (χ4v) is 3.68. The summed E-state index contributed by atoms with van der Waals surface area (Å²) in [6.07, 6.45) is 11.9. The zero-order valence-corrected chi connectivity index (χ0v) is 12.3. The Bertz CT molecular complexity index is 589. The van der Waals surface area contributed by atoms with E-state index in [4.69, 9.17) is 0 Å². The van der Waals surface area contributed by atoms with Crippen LogP contribution in [-0.4, -0.2) is 20.8 Å². The van der Waals surface area contributed by atoms with Gasteiger partial charge in [0.15, 0.2) is 0 Å². The van der Waals surface area contributed by atoms with Crippen LogP contribution in [0.25, 0.3) is 5.69 Å². The predicted octanol–water partition coefficient (Wildman–Crippen LogP) is 3.65. The van der Waals surface area contributed by atoms with E-state index in [9.17, 15) is 0 Å². The Kier molecular flexibility index (Phi) is 3.37. The van der Waals surface area contributed by atoms with E-state index in [1.165, 1.54) is 44.2 Å². The maximum atomic E-state index is 3.87. The molecule has 0 aliphatic heterocycles. The highest BCUT2D eigenvalue weighted by molar-refractivity contribution is 5.51. The summed E-state index contributed by atoms with van der Waals surface area (Å²) >= 11 is 0. The monoisotopic (exact) mass is 282 g/mol. The van der Waals surface area contributed by atoms with Gasteiger partial charge >= 0.3 is 0 Å². The third-order valence-corrected chi connectivity index (χ3v) is 4.94. The second kappa shape index (κ2) is 5.51. The van der Waals surface area contributed by atoms with Gasteiger partial charge in [0, 0.05) is 11.7 Å². The van der Waals surface area contributed by atoms with E-state index in [0.29, 0.717) is 6.04 Å². The number of nitrogens with one attached hydrogen (secondary N) is 1. The molecule has 0 spiro atoms. The van der Waals surface area contributed by atoms with E-state index in [1.807, 2.05) is 4.57 Å². The van der Waals surface area contributed by atoms with Gasteiger partial charge in [-0.25, -0.2) is 0 Å². The molecule has 2 aliphatic rings. The Labute approximate surface area is 125 Å². The number of benzene rings is 1. The molecule has 0 radical (unpaired) electrons. The minimum absolute atomic E-state index is 0.639. The van der Waals surface area contributed by atoms with Crippen molar-refractivity contribution in [2.24, 2.45) is 11.8 Å². The van der Waals surface area contributed by atoms with Crippen LogP contribution in [0.3, 0.4) is 0 Å². The van der Waals surface area contributed by atoms with Crippen LogP contribution in [0.5, 0.6) is 0 Å². The van der Waals surface area contributed by atoms with Crippen molar-refractivity contribution in [3.05, 3.63) is 36.9 Å². The van der Waals surface area contributed by atoms with Gasteiger partial charge in [0.1, 0.15) is 12.7 Å². The van der Waals surface area contributed by atoms with E-state index < -0.39 is 0 Å². The molecular formula is C17H22N4. The summed E-state index contributed by atoms with van der Waals surface area (Å²) in [5, 5.41) is 11.5. The smallest absolute Gasteiger partial charge is 0.123 e. The topological polar surface area (TPSA) is 42.7 Å². The van der Waals surface area contributed by atoms with Gasteiger partial charge in [-0.2, -0.15) is 0 Å². The van der Waals surface area contributed by atoms with Crippen molar-refractivity contribution in [1.82, 2.24) is 14.8 Å². The van der Waals surface area contributed by atoms with Gasteiger partial charge in [-0.05, 0) is 55.7 Å². The molecule has 1 heterocycles. The minimum atomic E-state index is 0.639. The number of hydrogen-bond acceptors (Lipinski definition) is 3. The molecule has 4 heteroatoms. The lowest BCUT2D eigenvalue weighted by Crippen LogP contribution is -2.28. The third kappa shape index (κ3) is 2.94. The molecule has 1 aromatic carbocycles. The standard InChI is InChI=1S/C17H22N4/c1-3-14(13-7-8-13)9-15(4-1)20-16-5-2-6-17(10-16)21-11-18-19-12-21/h2,5-6,10-15,20H,1,3-4,7-9H2. The van der Waals surface area contributed by atoms with Crippen LogP contribution in [0.4, 0.5) is 5.69 Å². The number of anilines is 1. The van der Waals surface area contributed by atoms with Crippen molar-refractivity contribution >= 4 is 5.69 Å². The Balaban J connectivity index is 1.45. The Hall–Kier alpha value is -1.84. The summed E-state index contributed by atoms with van der Waals surface area (Å²) < 4.78 is 1.94. The molecule has 2 saturated carbocycles. The molecule has 4 nitrogen and oxygen atoms in total. The summed E-state index contributed by atoms with van der Waals surface area (Å²) in [4.78, 5) is 0. The molecule has 2 atom stereocenters. The second-order valence-electron chi connectivity index (χ2n) is 6.52. The lowest BCUT2D eigenvalue weighted by Gasteiger charge is -2.30. The summed E-state index contributed by atoms with van der Waals surface area (Å²) in [7, 11) is 0. The normalized spacial score (nSPS) is 25.7. The van der Waals surface area contributed by atoms with Gasteiger partial charge < -0.3 is 5.32 Å². The molecule has 2 unspecified atom stereocenters. The van der Waals surface area contributed by atoms with Gasteiger partial charge in [0.25, 0.3) is 0 Å². The first kappa shape index (κ1) is 12.9. The maximum absolute atomic E-state index is 3.87. The van der Waals surface area contributed by atoms with Crippen LogP contribution in [0.2, 0.25) is 0 Å². The lowest BCUT2D eigenvalue weighted by atomic mass is 9.82. The highest BCUT2D eigenvalue weighted by Crippen LogP contribution is 2.44. The van der Waals surface area contributed by atoms with E-state index in [-0.39, 0.29) is 0 Å². The Morgan fingerprint density at radius 1 is 1.00 bits per heavy atom. The number of hydrogen-bond donors (Lipinski definition) is 1. The van der Waals surface area contributed by atoms with E-state index in [2.05, 4.69) is 39.8 Å². The molecule has 2 aliphatic carbocycles. The average Bonchev–Trinajstić information content (AvgIpc) is 3.23. The van der Waals surface area contributed by atoms with Gasteiger partial charge in [-0.3, -0.25) is 4.57 Å². The maximum Gasteiger partial charge on any atom is 0.123 e. The van der Waals surface area contributed by atoms with Crippen molar-refractivity contribution in [3.8, 4) is 5.69 Å². The third-order valence-electron chi connectivity index (χ3n) is 4.94. The molecular weight excluding hydrogens is 260 g/mol. The number of nitrogens with zero attached hydrogens (tertiary/aromatic N) is 3. The fraction of sp³-hybridized carbons (Fsp3) is 0.529. The molecule has 2 fully saturated rings. The summed E-state index contributed by atoms with van der Waals surface area (Å²) in [5.74, 6) is 2.01. The van der Waals surface area contributed by atoms with Crippen molar-refractivity contribution < 1.29 is 0 Å². The predicted molar refractivity (Wildman–Crippen MR) is 83.5 cm³/mol. The Morgan fingerprint density at radius 2 is 1.86 bits per heavy atom. The van der Waals surface area contributed by atoms with Crippen molar-refractivity contribution in [2.45, 2.75) is 44.6 Å². The van der Waals surface area contributed by atoms with Crippen molar-refractivity contribution in [3.63, 3.8) is 0 Å². The van der Waals surface area contributed by atoms with E-state index in [1.54, 1.807) is 12.7 Å². The zero-order chi connectivity index (χ0) is 14.1. The first-order chi connectivity index (χ1) is 10.4. The van der Waals surface area contributed by atoms with Gasteiger partial charge in [0.2, 0.25) is 0 Å². The van der Waals surface area contributed by atoms with E-state index in [0.717, 1.165) is 17.5 Å². The van der Waals surface area contributed by atoms with Crippen LogP contribution in [0.15, 0.2) is 36.9 Å². The van der Waals surface area contributed by atoms with Crippen molar-refractivity contribution in [2.75, 3.05) is 5.32 Å². The zero-order valence-electron chi connectivity index (χ0n) is 12.3. The summed E-state index contributed by atoms with van der Waals surface area (Å²) in [5.41, 5.74) is 2.32. The minimum Gasteiger partial charge on any atom is -0.382 e. The first-order valence-corrected chi connectivity index (χ1v) is 8.10. The Morgan fingerprint density at radius 3 is 2.67 bits per heavy atom. The van der Waals surface area contributed by atoms with E-state index >= 15 is 0 Å². The van der Waals surface area contributed by atoms with Crippen LogP contribution in [0, 0.1) is 11.8 Å². The molecule has 110 valence electrons. The number of aromatic nitrogens is 3. The molecule has 2 aromatic rings. The molecule has 0 bridgehead atoms. The van der Waals surface area contributed by atoms with Gasteiger partial charge in [0.05, 0.1) is 5.69 Å². The summed E-state index contributed by atoms with van der Waals surface area (Å²) in [6, 6.07) is 9.17. The molecule has 0 amide bonds. The molecule has 1 aromatic heterocycles. The van der Waals surface area contributed by atoms with Gasteiger partial charge in [-0.15, -0.1) is 10.2 Å². The quantitative estimate of drug-likeness (QED) is 0.931. The summed E-state index contributed by atoms with van der Waals surface area (Å²) in [6.45, 7) is 0. The fourth-order valence-electron chi connectivity index (χ4n) is 3.68. The average molecular weight is 282 g/mol. The van der Waals surface area contributed by atoms with Crippen LogP contribution in [0.1, 0.15) is 38.5 Å². The molecule has 21 heavy (non-hydrogen) atoms. The highest BCUT2D eigenvalue weighted by atomic mass is 15.2. The SMILES string of the molecule is c1cc(NC2CCCC(C3CC3)C2)cc(-n2cnnc2)c1. The van der Waals surface area contributed by atoms with Gasteiger partial charge in [-0.1, -0.05) is 18.9 Å². The highest BCUT2D eigenvalue weighted by Gasteiger charge is 2.34. The van der Waals surface area contributed by atoms with Crippen LogP contribution < -0.4 is 5.32 Å². The second-order valence-corrected chi connectivity index (χ2v) is 6.52. The van der Waals surface area contributed by atoms with Crippen LogP contribution in [-0.2, 0) is 0 Å². The largest absolute Gasteiger partial charge is 0.382 e. The molecule has 4 rings (SSSR count).